The third kappa shape index (κ3) is 3.52. The van der Waals surface area contributed by atoms with E-state index in [-0.39, 0.29) is 12.4 Å². The summed E-state index contributed by atoms with van der Waals surface area (Å²) >= 11 is 0. The first-order chi connectivity index (χ1) is 11.9. The van der Waals surface area contributed by atoms with Gasteiger partial charge in [-0.25, -0.2) is 9.59 Å². The van der Waals surface area contributed by atoms with Gasteiger partial charge in [-0.15, -0.1) is 0 Å². The summed E-state index contributed by atoms with van der Waals surface area (Å²) in [6.07, 6.45) is -1.27. The zero-order valence-electron chi connectivity index (χ0n) is 13.9. The van der Waals surface area contributed by atoms with E-state index in [9.17, 15) is 24.9 Å². The average molecular weight is 357 g/mol. The highest BCUT2D eigenvalue weighted by Gasteiger charge is 2.62. The highest BCUT2D eigenvalue weighted by atomic mass is 16.6. The van der Waals surface area contributed by atoms with Crippen molar-refractivity contribution in [3.8, 4) is 0 Å². The molecule has 1 aromatic rings. The van der Waals surface area contributed by atoms with Gasteiger partial charge in [-0.2, -0.15) is 4.98 Å². The number of carbonyl (C=O) groups excluding carboxylic acids is 1. The normalized spacial score (nSPS) is 28.9. The number of aliphatic hydroxyl groups is 3. The van der Waals surface area contributed by atoms with Crippen LogP contribution in [0.5, 0.6) is 0 Å². The van der Waals surface area contributed by atoms with Gasteiger partial charge >= 0.3 is 11.7 Å². The van der Waals surface area contributed by atoms with Crippen LogP contribution in [0.25, 0.3) is 0 Å². The predicted molar refractivity (Wildman–Crippen MR) is 85.3 cm³/mol. The van der Waals surface area contributed by atoms with Crippen LogP contribution >= 0.6 is 0 Å². The Bertz CT molecular complexity index is 665. The second-order valence-corrected chi connectivity index (χ2v) is 5.82. The van der Waals surface area contributed by atoms with Gasteiger partial charge in [-0.1, -0.05) is 19.8 Å². The predicted octanol–water partition coefficient (Wildman–Crippen LogP) is -1.68. The Morgan fingerprint density at radius 3 is 2.76 bits per heavy atom. The lowest BCUT2D eigenvalue weighted by atomic mass is 10.0. The standard InChI is InChI=1S/C15H23N3O7/c1-2-3-4-7-24-13(22)15(12(21)11(20)9(8-19)25-15)18-6-5-10(16)17-14(18)23/h5-6,9,11-12,19-21H,2-4,7-8H2,1H3,(H2,16,17,23)/t9-,11-,12-,15+/m1/s1. The van der Waals surface area contributed by atoms with Gasteiger partial charge in [-0.05, 0) is 12.5 Å². The minimum absolute atomic E-state index is 0.0571. The largest absolute Gasteiger partial charge is 0.462 e. The minimum atomic E-state index is -2.35. The number of unbranched alkanes of at least 4 members (excludes halogenated alkanes) is 2. The highest BCUT2D eigenvalue weighted by Crippen LogP contribution is 2.36. The maximum Gasteiger partial charge on any atom is 0.363 e. The first kappa shape index (κ1) is 19.3. The molecule has 2 heterocycles. The van der Waals surface area contributed by atoms with Gasteiger partial charge in [0.15, 0.2) is 0 Å². The number of aromatic nitrogens is 2. The summed E-state index contributed by atoms with van der Waals surface area (Å²) < 4.78 is 11.3. The Morgan fingerprint density at radius 1 is 1.48 bits per heavy atom. The van der Waals surface area contributed by atoms with E-state index >= 15 is 0 Å². The topological polar surface area (TPSA) is 157 Å². The number of rotatable bonds is 7. The third-order valence-electron chi connectivity index (χ3n) is 4.07. The van der Waals surface area contributed by atoms with E-state index in [2.05, 4.69) is 4.98 Å². The fourth-order valence-electron chi connectivity index (χ4n) is 2.71. The summed E-state index contributed by atoms with van der Waals surface area (Å²) in [7, 11) is 0. The lowest BCUT2D eigenvalue weighted by Crippen LogP contribution is -2.56. The fourth-order valence-corrected chi connectivity index (χ4v) is 2.71. The number of nitrogen functional groups attached to an aromatic ring is 1. The Morgan fingerprint density at radius 2 is 2.20 bits per heavy atom. The molecule has 0 amide bonds. The molecule has 0 unspecified atom stereocenters. The Hall–Kier alpha value is -2.01. The maximum absolute atomic E-state index is 12.7. The van der Waals surface area contributed by atoms with Crippen molar-refractivity contribution in [2.45, 2.75) is 50.2 Å². The number of hydrogen-bond donors (Lipinski definition) is 4. The van der Waals surface area contributed by atoms with E-state index in [4.69, 9.17) is 15.2 Å². The summed E-state index contributed by atoms with van der Waals surface area (Å²) in [6.45, 7) is 1.37. The van der Waals surface area contributed by atoms with Crippen LogP contribution in [0.3, 0.4) is 0 Å². The van der Waals surface area contributed by atoms with Gasteiger partial charge in [0.2, 0.25) is 0 Å². The first-order valence-electron chi connectivity index (χ1n) is 8.06. The molecule has 10 heteroatoms. The molecule has 1 aliphatic rings. The van der Waals surface area contributed by atoms with Crippen LogP contribution in [0.1, 0.15) is 26.2 Å². The number of esters is 1. The van der Waals surface area contributed by atoms with Gasteiger partial charge in [0.05, 0.1) is 13.2 Å². The lowest BCUT2D eigenvalue weighted by molar-refractivity contribution is -0.202. The molecule has 1 aromatic heterocycles. The zero-order valence-corrected chi connectivity index (χ0v) is 13.9. The molecule has 1 saturated heterocycles. The monoisotopic (exact) mass is 357 g/mol. The van der Waals surface area contributed by atoms with Gasteiger partial charge in [0.25, 0.3) is 5.72 Å². The molecule has 10 nitrogen and oxygen atoms in total. The van der Waals surface area contributed by atoms with Crippen LogP contribution in [-0.4, -0.2) is 62.4 Å². The SMILES string of the molecule is CCCCCOC(=O)[C@@]1(n2ccc(N)nc2=O)O[C@H](CO)[C@@H](O)[C@H]1O. The van der Waals surface area contributed by atoms with Crippen molar-refractivity contribution < 1.29 is 29.6 Å². The molecule has 0 spiro atoms. The number of hydrogen-bond acceptors (Lipinski definition) is 9. The maximum atomic E-state index is 12.7. The number of carbonyl (C=O) groups is 1. The molecule has 140 valence electrons. The van der Waals surface area contributed by atoms with Crippen LogP contribution in [0.15, 0.2) is 17.1 Å². The molecule has 2 rings (SSSR count). The van der Waals surface area contributed by atoms with Gasteiger partial charge < -0.3 is 30.5 Å². The molecule has 1 aliphatic heterocycles. The molecule has 0 radical (unpaired) electrons. The average Bonchev–Trinajstić information content (AvgIpc) is 2.84. The van der Waals surface area contributed by atoms with E-state index < -0.39 is 42.3 Å². The van der Waals surface area contributed by atoms with Crippen molar-refractivity contribution >= 4 is 11.8 Å². The van der Waals surface area contributed by atoms with Crippen LogP contribution in [0, 0.1) is 0 Å². The summed E-state index contributed by atoms with van der Waals surface area (Å²) in [4.78, 5) is 28.4. The molecule has 0 aromatic carbocycles. The van der Waals surface area contributed by atoms with Gasteiger partial charge in [0.1, 0.15) is 24.1 Å². The van der Waals surface area contributed by atoms with Gasteiger partial charge in [-0.3, -0.25) is 4.57 Å². The van der Waals surface area contributed by atoms with Crippen molar-refractivity contribution in [2.75, 3.05) is 18.9 Å². The van der Waals surface area contributed by atoms with Crippen molar-refractivity contribution in [3.05, 3.63) is 22.7 Å². The Balaban J connectivity index is 2.42. The molecule has 4 atom stereocenters. The quantitative estimate of drug-likeness (QED) is 0.330. The van der Waals surface area contributed by atoms with Crippen molar-refractivity contribution in [1.29, 1.82) is 0 Å². The van der Waals surface area contributed by atoms with Crippen molar-refractivity contribution in [2.24, 2.45) is 0 Å². The fraction of sp³-hybridized carbons (Fsp3) is 0.667. The molecule has 5 N–H and O–H groups in total. The molecule has 0 bridgehead atoms. The molecule has 0 saturated carbocycles. The second-order valence-electron chi connectivity index (χ2n) is 5.82. The lowest BCUT2D eigenvalue weighted by Gasteiger charge is -2.31. The van der Waals surface area contributed by atoms with Crippen LogP contribution in [0.4, 0.5) is 5.82 Å². The zero-order chi connectivity index (χ0) is 18.6. The minimum Gasteiger partial charge on any atom is -0.462 e. The second kappa shape index (κ2) is 7.91. The molecular formula is C15H23N3O7. The van der Waals surface area contributed by atoms with E-state index in [1.807, 2.05) is 6.92 Å². The van der Waals surface area contributed by atoms with Crippen LogP contribution in [-0.2, 0) is 20.0 Å². The van der Waals surface area contributed by atoms with Crippen molar-refractivity contribution in [3.63, 3.8) is 0 Å². The third-order valence-corrected chi connectivity index (χ3v) is 4.07. The summed E-state index contributed by atoms with van der Waals surface area (Å²) in [5.74, 6) is -1.14. The number of aliphatic hydroxyl groups excluding tert-OH is 3. The highest BCUT2D eigenvalue weighted by molar-refractivity contribution is 5.78. The molecule has 0 aliphatic carbocycles. The smallest absolute Gasteiger partial charge is 0.363 e. The molecule has 25 heavy (non-hydrogen) atoms. The molecular weight excluding hydrogens is 334 g/mol. The van der Waals surface area contributed by atoms with E-state index in [0.29, 0.717) is 6.42 Å². The number of nitrogens with zero attached hydrogens (tertiary/aromatic N) is 2. The van der Waals surface area contributed by atoms with E-state index in [0.717, 1.165) is 23.6 Å². The number of nitrogens with two attached hydrogens (primary N) is 1. The van der Waals surface area contributed by atoms with E-state index in [1.165, 1.54) is 6.07 Å². The summed E-state index contributed by atoms with van der Waals surface area (Å²) in [5, 5.41) is 29.8. The van der Waals surface area contributed by atoms with Crippen molar-refractivity contribution in [1.82, 2.24) is 9.55 Å². The van der Waals surface area contributed by atoms with Gasteiger partial charge in [0, 0.05) is 6.20 Å². The van der Waals surface area contributed by atoms with Crippen LogP contribution < -0.4 is 11.4 Å². The Kier molecular flexibility index (Phi) is 6.11. The summed E-state index contributed by atoms with van der Waals surface area (Å²) in [5.41, 5.74) is 2.13. The van der Waals surface area contributed by atoms with E-state index in [1.54, 1.807) is 0 Å². The Labute approximate surface area is 143 Å². The molecule has 1 fully saturated rings. The number of anilines is 1. The van der Waals surface area contributed by atoms with Crippen LogP contribution in [0.2, 0.25) is 0 Å². The summed E-state index contributed by atoms with van der Waals surface area (Å²) in [6, 6.07) is 1.24. The number of ether oxygens (including phenoxy) is 2. The first-order valence-corrected chi connectivity index (χ1v) is 8.06.